The maximum absolute atomic E-state index is 11.9. The molecule has 164 valence electrons. The number of pyridine rings is 1. The van der Waals surface area contributed by atoms with Crippen molar-refractivity contribution in [3.05, 3.63) is 23.4 Å². The lowest BCUT2D eigenvalue weighted by Crippen LogP contribution is -2.42. The van der Waals surface area contributed by atoms with E-state index < -0.39 is 12.0 Å². The Morgan fingerprint density at radius 2 is 2.10 bits per heavy atom. The van der Waals surface area contributed by atoms with E-state index in [0.29, 0.717) is 31.3 Å². The van der Waals surface area contributed by atoms with Gasteiger partial charge in [0.2, 0.25) is 5.91 Å². The van der Waals surface area contributed by atoms with Gasteiger partial charge in [-0.1, -0.05) is 6.07 Å². The summed E-state index contributed by atoms with van der Waals surface area (Å²) < 4.78 is 5.85. The van der Waals surface area contributed by atoms with Crippen molar-refractivity contribution in [2.75, 3.05) is 18.5 Å². The first-order chi connectivity index (χ1) is 14.6. The summed E-state index contributed by atoms with van der Waals surface area (Å²) in [6.07, 6.45) is 9.58. The van der Waals surface area contributed by atoms with Gasteiger partial charge >= 0.3 is 5.97 Å². The Bertz CT molecular complexity index is 759. The summed E-state index contributed by atoms with van der Waals surface area (Å²) in [5.74, 6) is 1.02. The minimum Gasteiger partial charge on any atom is -0.480 e. The molecule has 1 atom stereocenters. The molecule has 30 heavy (non-hydrogen) atoms. The third kappa shape index (κ3) is 5.94. The number of rotatable bonds is 11. The van der Waals surface area contributed by atoms with Gasteiger partial charge in [0.25, 0.3) is 0 Å². The highest BCUT2D eigenvalue weighted by atomic mass is 16.5. The summed E-state index contributed by atoms with van der Waals surface area (Å²) in [6, 6.07) is 3.51. The average Bonchev–Trinajstić information content (AvgIpc) is 3.51. The lowest BCUT2D eigenvalue weighted by atomic mass is 9.79. The lowest BCUT2D eigenvalue weighted by molar-refractivity contribution is -0.142. The number of amides is 1. The smallest absolute Gasteiger partial charge is 0.326 e. The molecule has 0 saturated heterocycles. The zero-order valence-corrected chi connectivity index (χ0v) is 17.6. The van der Waals surface area contributed by atoms with Crippen LogP contribution in [0, 0.1) is 11.8 Å². The Balaban J connectivity index is 1.10. The highest BCUT2D eigenvalue weighted by molar-refractivity contribution is 5.83. The third-order valence-corrected chi connectivity index (χ3v) is 6.52. The number of aromatic nitrogens is 1. The van der Waals surface area contributed by atoms with Crippen molar-refractivity contribution >= 4 is 17.7 Å². The topological polar surface area (TPSA) is 101 Å². The molecule has 1 aromatic heterocycles. The molecule has 2 saturated carbocycles. The maximum Gasteiger partial charge on any atom is 0.326 e. The molecule has 1 aromatic rings. The number of carboxylic acids is 1. The average molecular weight is 416 g/mol. The minimum absolute atomic E-state index is 0.153. The van der Waals surface area contributed by atoms with Crippen LogP contribution in [0.3, 0.4) is 0 Å². The second-order valence-electron chi connectivity index (χ2n) is 9.10. The molecule has 2 aliphatic carbocycles. The summed E-state index contributed by atoms with van der Waals surface area (Å²) in [5.41, 5.74) is 2.48. The van der Waals surface area contributed by atoms with Gasteiger partial charge in [-0.25, -0.2) is 9.78 Å². The van der Waals surface area contributed by atoms with Crippen molar-refractivity contribution in [3.8, 4) is 0 Å². The number of hydrogen-bond acceptors (Lipinski definition) is 5. The van der Waals surface area contributed by atoms with E-state index in [1.807, 2.05) is 0 Å². The lowest BCUT2D eigenvalue weighted by Gasteiger charge is -2.35. The van der Waals surface area contributed by atoms with E-state index in [1.165, 1.54) is 12.0 Å². The van der Waals surface area contributed by atoms with Gasteiger partial charge < -0.3 is 20.5 Å². The predicted octanol–water partition coefficient (Wildman–Crippen LogP) is 2.93. The third-order valence-electron chi connectivity index (χ3n) is 6.52. The van der Waals surface area contributed by atoms with Gasteiger partial charge in [0.15, 0.2) is 0 Å². The van der Waals surface area contributed by atoms with Crippen LogP contribution in [-0.2, 0) is 27.2 Å². The van der Waals surface area contributed by atoms with Gasteiger partial charge in [0, 0.05) is 31.7 Å². The van der Waals surface area contributed by atoms with Gasteiger partial charge in [-0.2, -0.15) is 0 Å². The highest BCUT2D eigenvalue weighted by Gasteiger charge is 2.31. The number of nitrogens with one attached hydrogen (secondary N) is 2. The van der Waals surface area contributed by atoms with Crippen molar-refractivity contribution < 1.29 is 19.4 Å². The number of carbonyl (C=O) groups is 2. The van der Waals surface area contributed by atoms with Crippen LogP contribution in [0.4, 0.5) is 5.82 Å². The second kappa shape index (κ2) is 9.77. The molecule has 3 N–H and O–H groups in total. The summed E-state index contributed by atoms with van der Waals surface area (Å²) in [5, 5.41) is 15.3. The fourth-order valence-corrected chi connectivity index (χ4v) is 4.35. The van der Waals surface area contributed by atoms with Crippen LogP contribution < -0.4 is 10.6 Å². The first-order valence-corrected chi connectivity index (χ1v) is 11.4. The molecular formula is C23H33N3O4. The van der Waals surface area contributed by atoms with Gasteiger partial charge in [-0.15, -0.1) is 0 Å². The molecule has 7 nitrogen and oxygen atoms in total. The fourth-order valence-electron chi connectivity index (χ4n) is 4.35. The SMILES string of the molecule is O=C(CC1CC1)N[C@@H](CCOC1CC(CCc2ccc3c(n2)NCCC3)C1)C(=O)O. The van der Waals surface area contributed by atoms with E-state index in [0.717, 1.165) is 63.0 Å². The number of fused-ring (bicyclic) bond motifs is 1. The molecular weight excluding hydrogens is 382 g/mol. The van der Waals surface area contributed by atoms with Gasteiger partial charge in [0.05, 0.1) is 6.10 Å². The first-order valence-electron chi connectivity index (χ1n) is 11.4. The molecule has 1 aliphatic heterocycles. The van der Waals surface area contributed by atoms with Gasteiger partial charge in [-0.3, -0.25) is 4.79 Å². The quantitative estimate of drug-likeness (QED) is 0.514. The second-order valence-corrected chi connectivity index (χ2v) is 9.10. The number of hydrogen-bond donors (Lipinski definition) is 3. The molecule has 4 rings (SSSR count). The van der Waals surface area contributed by atoms with E-state index >= 15 is 0 Å². The van der Waals surface area contributed by atoms with E-state index in [2.05, 4.69) is 22.8 Å². The van der Waals surface area contributed by atoms with Gasteiger partial charge in [0.1, 0.15) is 11.9 Å². The fraction of sp³-hybridized carbons (Fsp3) is 0.696. The van der Waals surface area contributed by atoms with Crippen LogP contribution in [-0.4, -0.2) is 47.3 Å². The molecule has 0 aromatic carbocycles. The number of carbonyl (C=O) groups excluding carboxylic acids is 1. The van der Waals surface area contributed by atoms with E-state index in [1.54, 1.807) is 0 Å². The summed E-state index contributed by atoms with van der Waals surface area (Å²) in [7, 11) is 0. The molecule has 0 unspecified atom stereocenters. The Hall–Kier alpha value is -2.15. The van der Waals surface area contributed by atoms with E-state index in [-0.39, 0.29) is 12.0 Å². The van der Waals surface area contributed by atoms with Crippen LogP contribution in [0.15, 0.2) is 12.1 Å². The van der Waals surface area contributed by atoms with Crippen molar-refractivity contribution in [3.63, 3.8) is 0 Å². The van der Waals surface area contributed by atoms with Crippen LogP contribution in [0.1, 0.15) is 62.6 Å². The first kappa shape index (κ1) is 21.1. The summed E-state index contributed by atoms with van der Waals surface area (Å²) in [4.78, 5) is 28.0. The molecule has 0 spiro atoms. The standard InChI is InChI=1S/C23H33N3O4/c27-21(14-15-3-4-15)26-20(23(28)29)9-11-30-19-12-16(13-19)5-7-18-8-6-17-2-1-10-24-22(17)25-18/h6,8,15-16,19-20H,1-5,7,9-14H2,(H,24,25)(H,26,27)(H,28,29)/t16?,19?,20-/m0/s1. The highest BCUT2D eigenvalue weighted by Crippen LogP contribution is 2.34. The number of carboxylic acid groups (broad SMARTS) is 1. The zero-order chi connectivity index (χ0) is 20.9. The van der Waals surface area contributed by atoms with Crippen molar-refractivity contribution in [2.45, 2.75) is 76.4 Å². The molecule has 2 heterocycles. The normalized spacial score (nSPS) is 23.6. The van der Waals surface area contributed by atoms with Crippen molar-refractivity contribution in [1.29, 1.82) is 0 Å². The number of aliphatic carboxylic acids is 1. The van der Waals surface area contributed by atoms with E-state index in [4.69, 9.17) is 9.72 Å². The van der Waals surface area contributed by atoms with Crippen LogP contribution >= 0.6 is 0 Å². The van der Waals surface area contributed by atoms with Crippen LogP contribution in [0.5, 0.6) is 0 Å². The number of anilines is 1. The Labute approximate surface area is 178 Å². The van der Waals surface area contributed by atoms with Crippen LogP contribution in [0.25, 0.3) is 0 Å². The monoisotopic (exact) mass is 415 g/mol. The Morgan fingerprint density at radius 1 is 1.27 bits per heavy atom. The van der Waals surface area contributed by atoms with E-state index in [9.17, 15) is 14.7 Å². The summed E-state index contributed by atoms with van der Waals surface area (Å²) in [6.45, 7) is 1.38. The minimum atomic E-state index is -0.985. The van der Waals surface area contributed by atoms with Crippen molar-refractivity contribution in [2.24, 2.45) is 11.8 Å². The van der Waals surface area contributed by atoms with Crippen molar-refractivity contribution in [1.82, 2.24) is 10.3 Å². The molecule has 1 amide bonds. The number of ether oxygens (including phenoxy) is 1. The molecule has 0 radical (unpaired) electrons. The largest absolute Gasteiger partial charge is 0.480 e. The zero-order valence-electron chi connectivity index (χ0n) is 17.6. The summed E-state index contributed by atoms with van der Waals surface area (Å²) >= 11 is 0. The number of aryl methyl sites for hydroxylation is 2. The molecule has 7 heteroatoms. The Morgan fingerprint density at radius 3 is 2.87 bits per heavy atom. The van der Waals surface area contributed by atoms with Crippen LogP contribution in [0.2, 0.25) is 0 Å². The predicted molar refractivity (Wildman–Crippen MR) is 113 cm³/mol. The maximum atomic E-state index is 11.9. The molecule has 0 bridgehead atoms. The van der Waals surface area contributed by atoms with Gasteiger partial charge in [-0.05, 0) is 74.8 Å². The Kier molecular flexibility index (Phi) is 6.87. The number of nitrogens with zero attached hydrogens (tertiary/aromatic N) is 1. The molecule has 3 aliphatic rings. The molecule has 2 fully saturated rings.